The molecule has 3 heterocycles. The normalized spacial score (nSPS) is 25.9. The van der Waals surface area contributed by atoms with Crippen LogP contribution in [-0.2, 0) is 0 Å². The van der Waals surface area contributed by atoms with Crippen molar-refractivity contribution in [2.24, 2.45) is 5.73 Å². The van der Waals surface area contributed by atoms with Crippen molar-refractivity contribution >= 4 is 17.4 Å². The summed E-state index contributed by atoms with van der Waals surface area (Å²) < 4.78 is 3.75. The van der Waals surface area contributed by atoms with Gasteiger partial charge in [-0.3, -0.25) is 9.69 Å². The first-order valence-electron chi connectivity index (χ1n) is 6.80. The maximum Gasteiger partial charge on any atom is 0.267 e. The Balaban J connectivity index is 1.57. The van der Waals surface area contributed by atoms with Gasteiger partial charge in [0.15, 0.2) is 0 Å². The number of carbonyl (C=O) groups excluding carboxylic acids is 1. The Morgan fingerprint density at radius 3 is 2.79 bits per heavy atom. The molecule has 104 valence electrons. The lowest BCUT2D eigenvalue weighted by molar-refractivity contribution is 0.0774. The summed E-state index contributed by atoms with van der Waals surface area (Å²) in [6, 6.07) is 0.857. The molecule has 2 fully saturated rings. The zero-order chi connectivity index (χ0) is 13.2. The number of nitrogens with two attached hydrogens (primary N) is 1. The lowest BCUT2D eigenvalue weighted by Gasteiger charge is -2.34. The molecule has 2 aliphatic heterocycles. The van der Waals surface area contributed by atoms with Crippen LogP contribution in [0, 0.1) is 0 Å². The first-order chi connectivity index (χ1) is 9.24. The van der Waals surface area contributed by atoms with Gasteiger partial charge < -0.3 is 10.6 Å². The van der Waals surface area contributed by atoms with Crippen LogP contribution in [0.15, 0.2) is 6.20 Å². The van der Waals surface area contributed by atoms with Crippen LogP contribution in [0.1, 0.15) is 28.9 Å². The van der Waals surface area contributed by atoms with Gasteiger partial charge in [0.2, 0.25) is 0 Å². The van der Waals surface area contributed by atoms with Crippen LogP contribution in [0.25, 0.3) is 0 Å². The minimum Gasteiger partial charge on any atom is -0.336 e. The van der Waals surface area contributed by atoms with Crippen molar-refractivity contribution in [1.29, 1.82) is 0 Å². The smallest absolute Gasteiger partial charge is 0.267 e. The summed E-state index contributed by atoms with van der Waals surface area (Å²) >= 11 is 1.17. The quantitative estimate of drug-likeness (QED) is 0.836. The molecular formula is C12H19N5OS. The molecule has 1 atom stereocenters. The van der Waals surface area contributed by atoms with E-state index in [0.717, 1.165) is 45.4 Å². The molecule has 2 aliphatic rings. The molecule has 7 heteroatoms. The SMILES string of the molecule is NC1CCN(C2CCN(C(=O)c3cnns3)C2)CC1. The third kappa shape index (κ3) is 2.77. The van der Waals surface area contributed by atoms with E-state index in [1.165, 1.54) is 11.5 Å². The third-order valence-electron chi connectivity index (χ3n) is 4.11. The van der Waals surface area contributed by atoms with Gasteiger partial charge in [-0.1, -0.05) is 4.49 Å². The zero-order valence-electron chi connectivity index (χ0n) is 10.9. The van der Waals surface area contributed by atoms with Crippen molar-refractivity contribution in [1.82, 2.24) is 19.4 Å². The summed E-state index contributed by atoms with van der Waals surface area (Å²) in [6.45, 7) is 3.79. The molecule has 1 aromatic heterocycles. The fraction of sp³-hybridized carbons (Fsp3) is 0.750. The summed E-state index contributed by atoms with van der Waals surface area (Å²) in [5, 5.41) is 3.73. The highest BCUT2D eigenvalue weighted by atomic mass is 32.1. The van der Waals surface area contributed by atoms with Gasteiger partial charge in [-0.25, -0.2) is 0 Å². The van der Waals surface area contributed by atoms with Crippen molar-refractivity contribution in [2.75, 3.05) is 26.2 Å². The Morgan fingerprint density at radius 1 is 1.32 bits per heavy atom. The summed E-state index contributed by atoms with van der Waals surface area (Å²) in [4.78, 5) is 17.3. The fourth-order valence-electron chi connectivity index (χ4n) is 2.93. The molecule has 0 bridgehead atoms. The van der Waals surface area contributed by atoms with Gasteiger partial charge in [-0.2, -0.15) is 0 Å². The van der Waals surface area contributed by atoms with Crippen LogP contribution in [0.5, 0.6) is 0 Å². The predicted octanol–water partition coefficient (Wildman–Crippen LogP) is 0.176. The standard InChI is InChI=1S/C12H19N5OS/c13-9-1-4-16(5-2-9)10-3-6-17(8-10)12(18)11-7-14-15-19-11/h7,9-10H,1-6,8,13H2. The molecule has 6 nitrogen and oxygen atoms in total. The first kappa shape index (κ1) is 13.0. The number of amides is 1. The molecule has 0 spiro atoms. The molecule has 1 aromatic rings. The molecule has 2 N–H and O–H groups in total. The van der Waals surface area contributed by atoms with Crippen molar-refractivity contribution < 1.29 is 4.79 Å². The van der Waals surface area contributed by atoms with E-state index in [-0.39, 0.29) is 5.91 Å². The Morgan fingerprint density at radius 2 is 2.11 bits per heavy atom. The van der Waals surface area contributed by atoms with E-state index in [1.807, 2.05) is 4.90 Å². The minimum absolute atomic E-state index is 0.0752. The van der Waals surface area contributed by atoms with Gasteiger partial charge in [0.05, 0.1) is 6.20 Å². The molecule has 3 rings (SSSR count). The van der Waals surface area contributed by atoms with E-state index < -0.39 is 0 Å². The fourth-order valence-corrected chi connectivity index (χ4v) is 3.41. The van der Waals surface area contributed by atoms with Crippen LogP contribution in [0.3, 0.4) is 0 Å². The number of aromatic nitrogens is 2. The lowest BCUT2D eigenvalue weighted by Crippen LogP contribution is -2.46. The maximum atomic E-state index is 12.2. The lowest BCUT2D eigenvalue weighted by atomic mass is 10.0. The Labute approximate surface area is 116 Å². The Bertz CT molecular complexity index is 429. The second-order valence-corrected chi connectivity index (χ2v) is 6.13. The van der Waals surface area contributed by atoms with E-state index >= 15 is 0 Å². The van der Waals surface area contributed by atoms with E-state index in [4.69, 9.17) is 5.73 Å². The van der Waals surface area contributed by atoms with Crippen molar-refractivity contribution in [2.45, 2.75) is 31.3 Å². The summed E-state index contributed by atoms with van der Waals surface area (Å²) in [6.07, 6.45) is 4.76. The van der Waals surface area contributed by atoms with Gasteiger partial charge in [-0.05, 0) is 43.9 Å². The topological polar surface area (TPSA) is 75.3 Å². The van der Waals surface area contributed by atoms with E-state index in [2.05, 4.69) is 14.5 Å². The number of nitrogens with zero attached hydrogens (tertiary/aromatic N) is 4. The van der Waals surface area contributed by atoms with Gasteiger partial charge >= 0.3 is 0 Å². The highest BCUT2D eigenvalue weighted by Crippen LogP contribution is 2.21. The summed E-state index contributed by atoms with van der Waals surface area (Å²) in [5.41, 5.74) is 5.93. The molecule has 0 saturated carbocycles. The van der Waals surface area contributed by atoms with Crippen LogP contribution in [0.4, 0.5) is 0 Å². The maximum absolute atomic E-state index is 12.2. The number of piperidine rings is 1. The highest BCUT2D eigenvalue weighted by Gasteiger charge is 2.32. The molecule has 0 aromatic carbocycles. The van der Waals surface area contributed by atoms with Crippen LogP contribution >= 0.6 is 11.5 Å². The first-order valence-corrected chi connectivity index (χ1v) is 7.57. The zero-order valence-corrected chi connectivity index (χ0v) is 11.7. The number of hydrogen-bond acceptors (Lipinski definition) is 6. The Hall–Kier alpha value is -1.05. The van der Waals surface area contributed by atoms with Crippen LogP contribution in [-0.4, -0.2) is 63.6 Å². The highest BCUT2D eigenvalue weighted by molar-refractivity contribution is 7.07. The number of rotatable bonds is 2. The number of hydrogen-bond donors (Lipinski definition) is 1. The van der Waals surface area contributed by atoms with Crippen LogP contribution < -0.4 is 5.73 Å². The summed E-state index contributed by atoms with van der Waals surface area (Å²) in [7, 11) is 0. The molecule has 1 amide bonds. The second-order valence-electron chi connectivity index (χ2n) is 5.35. The van der Waals surface area contributed by atoms with E-state index in [0.29, 0.717) is 17.0 Å². The minimum atomic E-state index is 0.0752. The largest absolute Gasteiger partial charge is 0.336 e. The molecule has 0 aliphatic carbocycles. The average molecular weight is 281 g/mol. The summed E-state index contributed by atoms with van der Waals surface area (Å²) in [5.74, 6) is 0.0752. The Kier molecular flexibility index (Phi) is 3.76. The number of carbonyl (C=O) groups is 1. The van der Waals surface area contributed by atoms with Crippen molar-refractivity contribution in [3.05, 3.63) is 11.1 Å². The van der Waals surface area contributed by atoms with Crippen molar-refractivity contribution in [3.63, 3.8) is 0 Å². The molecule has 0 radical (unpaired) electrons. The number of likely N-dealkylation sites (tertiary alicyclic amines) is 2. The van der Waals surface area contributed by atoms with Crippen LogP contribution in [0.2, 0.25) is 0 Å². The molecular weight excluding hydrogens is 262 g/mol. The van der Waals surface area contributed by atoms with Gasteiger partial charge in [0.25, 0.3) is 5.91 Å². The predicted molar refractivity (Wildman–Crippen MR) is 73.0 cm³/mol. The second kappa shape index (κ2) is 5.52. The van der Waals surface area contributed by atoms with Gasteiger partial charge in [0.1, 0.15) is 4.88 Å². The van der Waals surface area contributed by atoms with Crippen molar-refractivity contribution in [3.8, 4) is 0 Å². The third-order valence-corrected chi connectivity index (χ3v) is 4.77. The van der Waals surface area contributed by atoms with Gasteiger partial charge in [-0.15, -0.1) is 5.10 Å². The van der Waals surface area contributed by atoms with Gasteiger partial charge in [0, 0.05) is 25.2 Å². The van der Waals surface area contributed by atoms with E-state index in [1.54, 1.807) is 6.20 Å². The molecule has 2 saturated heterocycles. The van der Waals surface area contributed by atoms with E-state index in [9.17, 15) is 4.79 Å². The molecule has 19 heavy (non-hydrogen) atoms. The average Bonchev–Trinajstić information content (AvgIpc) is 3.10. The monoisotopic (exact) mass is 281 g/mol. The molecule has 1 unspecified atom stereocenters.